The van der Waals surface area contributed by atoms with Gasteiger partial charge in [0.1, 0.15) is 16.8 Å². The van der Waals surface area contributed by atoms with Crippen molar-refractivity contribution in [3.05, 3.63) is 85.6 Å². The number of rotatable bonds is 5. The maximum atomic E-state index is 13.3. The van der Waals surface area contributed by atoms with Gasteiger partial charge in [-0.3, -0.25) is 9.59 Å². The van der Waals surface area contributed by atoms with E-state index in [1.807, 2.05) is 0 Å². The Morgan fingerprint density at radius 2 is 1.81 bits per heavy atom. The Hall–Kier alpha value is -3.93. The van der Waals surface area contributed by atoms with Crippen LogP contribution in [0.3, 0.4) is 0 Å². The van der Waals surface area contributed by atoms with Crippen LogP contribution in [0.4, 0.5) is 5.00 Å². The lowest BCUT2D eigenvalue weighted by Gasteiger charge is -2.16. The predicted molar refractivity (Wildman–Crippen MR) is 144 cm³/mol. The number of esters is 1. The minimum absolute atomic E-state index is 0.0307. The summed E-state index contributed by atoms with van der Waals surface area (Å²) < 4.78 is 6.64. The standard InChI is InChI=1S/C28H22ClN3O4S/c1-32-25(24(16-10-12-17(29)13-11-16)19-7-2-3-8-20(19)27(32)34)28(35)36-15-23(33)31-26-21(14-30)18-6-4-5-9-22(18)37-26/h2-3,7-8,10-13H,4-6,9,15H2,1H3,(H,31,33). The number of halogens is 1. The average molecular weight is 532 g/mol. The number of pyridine rings is 1. The van der Waals surface area contributed by atoms with Gasteiger partial charge < -0.3 is 14.6 Å². The zero-order valence-electron chi connectivity index (χ0n) is 20.0. The van der Waals surface area contributed by atoms with Gasteiger partial charge >= 0.3 is 5.97 Å². The van der Waals surface area contributed by atoms with Crippen molar-refractivity contribution in [2.24, 2.45) is 7.05 Å². The number of amides is 1. The number of benzene rings is 2. The highest BCUT2D eigenvalue weighted by atomic mass is 35.5. The minimum atomic E-state index is -0.809. The minimum Gasteiger partial charge on any atom is -0.451 e. The van der Waals surface area contributed by atoms with Gasteiger partial charge in [-0.25, -0.2) is 4.79 Å². The van der Waals surface area contributed by atoms with E-state index in [9.17, 15) is 19.6 Å². The first kappa shape index (κ1) is 24.8. The van der Waals surface area contributed by atoms with Crippen LogP contribution < -0.4 is 10.9 Å². The van der Waals surface area contributed by atoms with Crippen LogP contribution >= 0.6 is 22.9 Å². The largest absolute Gasteiger partial charge is 0.451 e. The molecular formula is C28H22ClN3O4S. The van der Waals surface area contributed by atoms with E-state index in [0.29, 0.717) is 37.5 Å². The quantitative estimate of drug-likeness (QED) is 0.344. The number of hydrogen-bond acceptors (Lipinski definition) is 6. The van der Waals surface area contributed by atoms with E-state index in [0.717, 1.165) is 36.1 Å². The average Bonchev–Trinajstić information content (AvgIpc) is 3.26. The Labute approximate surface area is 221 Å². The third kappa shape index (κ3) is 4.64. The molecule has 186 valence electrons. The lowest BCUT2D eigenvalue weighted by Crippen LogP contribution is -2.28. The van der Waals surface area contributed by atoms with Crippen LogP contribution in [0.5, 0.6) is 0 Å². The number of nitrogens with one attached hydrogen (secondary N) is 1. The smallest absolute Gasteiger partial charge is 0.356 e. The summed E-state index contributed by atoms with van der Waals surface area (Å²) >= 11 is 7.47. The van der Waals surface area contributed by atoms with E-state index in [-0.39, 0.29) is 11.3 Å². The summed E-state index contributed by atoms with van der Waals surface area (Å²) in [6, 6.07) is 16.2. The number of fused-ring (bicyclic) bond motifs is 2. The molecule has 1 aliphatic rings. The van der Waals surface area contributed by atoms with Crippen molar-refractivity contribution in [2.75, 3.05) is 11.9 Å². The Morgan fingerprint density at radius 3 is 2.54 bits per heavy atom. The number of anilines is 1. The predicted octanol–water partition coefficient (Wildman–Crippen LogP) is 5.47. The topological polar surface area (TPSA) is 101 Å². The first-order valence-corrected chi connectivity index (χ1v) is 13.0. The van der Waals surface area contributed by atoms with E-state index >= 15 is 0 Å². The van der Waals surface area contributed by atoms with Crippen LogP contribution in [0.1, 0.15) is 39.3 Å². The van der Waals surface area contributed by atoms with Crippen molar-refractivity contribution < 1.29 is 14.3 Å². The highest BCUT2D eigenvalue weighted by Gasteiger charge is 2.25. The molecule has 0 fully saturated rings. The Morgan fingerprint density at radius 1 is 1.11 bits per heavy atom. The summed E-state index contributed by atoms with van der Waals surface area (Å²) in [4.78, 5) is 40.2. The summed E-state index contributed by atoms with van der Waals surface area (Å²) in [5, 5.41) is 14.4. The summed E-state index contributed by atoms with van der Waals surface area (Å²) in [5.41, 5.74) is 2.36. The Kier molecular flexibility index (Phi) is 6.83. The molecule has 0 atom stereocenters. The zero-order valence-corrected chi connectivity index (χ0v) is 21.5. The van der Waals surface area contributed by atoms with Crippen molar-refractivity contribution in [1.29, 1.82) is 5.26 Å². The molecular weight excluding hydrogens is 510 g/mol. The van der Waals surface area contributed by atoms with Crippen molar-refractivity contribution >= 4 is 50.6 Å². The summed E-state index contributed by atoms with van der Waals surface area (Å²) in [6.07, 6.45) is 3.79. The first-order chi connectivity index (χ1) is 17.9. The van der Waals surface area contributed by atoms with Crippen LogP contribution in [0.15, 0.2) is 53.3 Å². The molecule has 0 saturated carbocycles. The SMILES string of the molecule is Cn1c(C(=O)OCC(=O)Nc2sc3c(c2C#N)CCCC3)c(-c2ccc(Cl)cc2)c2ccccc2c1=O. The monoisotopic (exact) mass is 531 g/mol. The van der Waals surface area contributed by atoms with Gasteiger partial charge in [-0.2, -0.15) is 5.26 Å². The lowest BCUT2D eigenvalue weighted by molar-refractivity contribution is -0.119. The highest BCUT2D eigenvalue weighted by Crippen LogP contribution is 2.37. The molecule has 0 saturated heterocycles. The summed E-state index contributed by atoms with van der Waals surface area (Å²) in [5.74, 6) is -1.36. The summed E-state index contributed by atoms with van der Waals surface area (Å²) in [6.45, 7) is -0.562. The highest BCUT2D eigenvalue weighted by molar-refractivity contribution is 7.16. The van der Waals surface area contributed by atoms with Gasteiger partial charge in [0.15, 0.2) is 6.61 Å². The molecule has 0 spiro atoms. The molecule has 1 N–H and O–H groups in total. The fraction of sp³-hybridized carbons (Fsp3) is 0.214. The van der Waals surface area contributed by atoms with E-state index < -0.39 is 18.5 Å². The molecule has 1 amide bonds. The van der Waals surface area contributed by atoms with Gasteiger partial charge in [-0.1, -0.05) is 41.9 Å². The number of aromatic nitrogens is 1. The number of nitrogens with zero attached hydrogens (tertiary/aromatic N) is 2. The number of ether oxygens (including phenoxy) is 1. The van der Waals surface area contributed by atoms with Crippen LogP contribution in [0.25, 0.3) is 21.9 Å². The van der Waals surface area contributed by atoms with E-state index in [1.165, 1.54) is 23.0 Å². The molecule has 2 aromatic heterocycles. The van der Waals surface area contributed by atoms with Crippen LogP contribution in [-0.4, -0.2) is 23.1 Å². The molecule has 1 aliphatic carbocycles. The van der Waals surface area contributed by atoms with Crippen LogP contribution in [-0.2, 0) is 29.4 Å². The van der Waals surface area contributed by atoms with Crippen molar-refractivity contribution in [1.82, 2.24) is 4.57 Å². The number of aryl methyl sites for hydroxylation is 1. The summed E-state index contributed by atoms with van der Waals surface area (Å²) in [7, 11) is 1.50. The molecule has 37 heavy (non-hydrogen) atoms. The first-order valence-electron chi connectivity index (χ1n) is 11.8. The molecule has 4 aromatic rings. The molecule has 0 unspecified atom stereocenters. The molecule has 5 rings (SSSR count). The normalized spacial score (nSPS) is 12.6. The maximum absolute atomic E-state index is 13.3. The fourth-order valence-corrected chi connectivity index (χ4v) is 6.13. The lowest BCUT2D eigenvalue weighted by atomic mass is 9.96. The molecule has 2 aromatic carbocycles. The van der Waals surface area contributed by atoms with Gasteiger partial charge in [0, 0.05) is 27.9 Å². The third-order valence-electron chi connectivity index (χ3n) is 6.50. The van der Waals surface area contributed by atoms with Crippen molar-refractivity contribution in [3.63, 3.8) is 0 Å². The van der Waals surface area contributed by atoms with Crippen LogP contribution in [0, 0.1) is 11.3 Å². The van der Waals surface area contributed by atoms with Gasteiger partial charge in [-0.15, -0.1) is 11.3 Å². The van der Waals surface area contributed by atoms with Gasteiger partial charge in [0.25, 0.3) is 11.5 Å². The van der Waals surface area contributed by atoms with Crippen molar-refractivity contribution in [2.45, 2.75) is 25.7 Å². The fourth-order valence-electron chi connectivity index (χ4n) is 4.75. The zero-order chi connectivity index (χ0) is 26.1. The van der Waals surface area contributed by atoms with Gasteiger partial charge in [-0.05, 0) is 60.4 Å². The molecule has 9 heteroatoms. The van der Waals surface area contributed by atoms with Gasteiger partial charge in [0.05, 0.1) is 5.56 Å². The number of carbonyl (C=O) groups is 2. The van der Waals surface area contributed by atoms with E-state index in [2.05, 4.69) is 11.4 Å². The molecule has 0 aliphatic heterocycles. The van der Waals surface area contributed by atoms with E-state index in [4.69, 9.17) is 16.3 Å². The number of nitriles is 1. The molecule has 0 radical (unpaired) electrons. The second kappa shape index (κ2) is 10.2. The molecule has 7 nitrogen and oxygen atoms in total. The van der Waals surface area contributed by atoms with E-state index in [1.54, 1.807) is 48.5 Å². The third-order valence-corrected chi connectivity index (χ3v) is 7.96. The van der Waals surface area contributed by atoms with Gasteiger partial charge in [0.2, 0.25) is 0 Å². The number of thiophene rings is 1. The molecule has 2 heterocycles. The number of carbonyl (C=O) groups excluding carboxylic acids is 2. The second-order valence-electron chi connectivity index (χ2n) is 8.79. The second-order valence-corrected chi connectivity index (χ2v) is 10.3. The Bertz CT molecular complexity index is 1650. The number of hydrogen-bond donors (Lipinski definition) is 1. The van der Waals surface area contributed by atoms with Crippen LogP contribution in [0.2, 0.25) is 5.02 Å². The molecule has 0 bridgehead atoms. The maximum Gasteiger partial charge on any atom is 0.356 e. The Balaban J connectivity index is 1.45. The van der Waals surface area contributed by atoms with Crippen molar-refractivity contribution in [3.8, 4) is 17.2 Å².